The molecule has 0 aliphatic rings. The van der Waals surface area contributed by atoms with Gasteiger partial charge in [0.05, 0.1) is 5.58 Å². The van der Waals surface area contributed by atoms with Crippen LogP contribution in [0, 0.1) is 17.5 Å². The fourth-order valence-electron chi connectivity index (χ4n) is 6.03. The van der Waals surface area contributed by atoms with Crippen LogP contribution in [-0.2, 0) is 26.5 Å². The Morgan fingerprint density at radius 1 is 0.760 bits per heavy atom. The maximum absolute atomic E-state index is 6.37. The van der Waals surface area contributed by atoms with Crippen molar-refractivity contribution in [2.45, 2.75) is 64.2 Å². The van der Waals surface area contributed by atoms with Crippen LogP contribution in [-0.4, -0.2) is 23.2 Å². The van der Waals surface area contributed by atoms with Crippen molar-refractivity contribution in [3.8, 4) is 33.6 Å². The van der Waals surface area contributed by atoms with Crippen LogP contribution in [0.25, 0.3) is 55.6 Å². The van der Waals surface area contributed by atoms with Crippen LogP contribution in [0.4, 0.5) is 0 Å². The third-order valence-corrected chi connectivity index (χ3v) is 13.0. The molecule has 0 aliphatic heterocycles. The molecule has 0 N–H and O–H groups in total. The normalized spacial score (nSPS) is 11.7. The summed E-state index contributed by atoms with van der Waals surface area (Å²) in [6.07, 6.45) is 4.94. The van der Waals surface area contributed by atoms with Gasteiger partial charge in [0, 0.05) is 31.7 Å². The number of furan rings is 1. The molecule has 0 amide bonds. The second-order valence-corrected chi connectivity index (χ2v) is 26.1. The minimum absolute atomic E-state index is 0. The molecule has 3 aromatic heterocycles. The molecule has 0 saturated carbocycles. The number of rotatable bonds is 6. The molecule has 0 atom stereocenters. The molecule has 0 fully saturated rings. The monoisotopic (exact) mass is 897 g/mol. The Morgan fingerprint density at radius 3 is 2.18 bits per heavy atom. The summed E-state index contributed by atoms with van der Waals surface area (Å²) in [7, 11) is 0. The molecule has 1 radical (unpaired) electrons. The van der Waals surface area contributed by atoms with E-state index in [0.29, 0.717) is 5.92 Å². The molecule has 7 aromatic rings. The Morgan fingerprint density at radius 2 is 1.54 bits per heavy atom. The minimum atomic E-state index is -1.74. The number of nitrogens with zero attached hydrogens (tertiary/aromatic N) is 2. The smallest absolute Gasteiger partial charge is 0 e. The average molecular weight is 896 g/mol. The summed E-state index contributed by atoms with van der Waals surface area (Å²) >= 11 is -1.74. The van der Waals surface area contributed by atoms with E-state index in [4.69, 9.17) is 4.42 Å². The number of pyridine rings is 2. The molecule has 5 heteroatoms. The van der Waals surface area contributed by atoms with E-state index in [1.807, 2.05) is 18.3 Å². The van der Waals surface area contributed by atoms with Crippen LogP contribution in [0.5, 0.6) is 0 Å². The van der Waals surface area contributed by atoms with Gasteiger partial charge in [-0.05, 0) is 40.8 Å². The molecule has 0 unspecified atom stereocenters. The first-order chi connectivity index (χ1) is 23.4. The van der Waals surface area contributed by atoms with Gasteiger partial charge in [0.15, 0.2) is 0 Å². The van der Waals surface area contributed by atoms with E-state index in [0.717, 1.165) is 56.4 Å². The molecular formula is C45H46GeIrN2O-2. The molecule has 0 spiro atoms. The van der Waals surface area contributed by atoms with Gasteiger partial charge in [0.1, 0.15) is 5.58 Å². The summed E-state index contributed by atoms with van der Waals surface area (Å²) in [6.45, 7) is 11.2. The third kappa shape index (κ3) is 8.90. The summed E-state index contributed by atoms with van der Waals surface area (Å²) in [5.41, 5.74) is 10.8. The first-order valence-corrected chi connectivity index (χ1v) is 24.6. The summed E-state index contributed by atoms with van der Waals surface area (Å²) in [6, 6.07) is 42.6. The fraction of sp³-hybridized carbons (Fsp3) is 0.244. The van der Waals surface area contributed by atoms with E-state index >= 15 is 0 Å². The van der Waals surface area contributed by atoms with Crippen LogP contribution >= 0.6 is 0 Å². The van der Waals surface area contributed by atoms with Crippen LogP contribution < -0.4 is 4.40 Å². The summed E-state index contributed by atoms with van der Waals surface area (Å²) < 4.78 is 7.82. The Bertz CT molecular complexity index is 2170. The number of hydrogen-bond donors (Lipinski definition) is 0. The SMILES string of the molecule is CC(C)(C)Cc1ccnc(-c2[c-]ccc3c2oc2cc(-c4ccccc4)ccc23)c1.CC(C)c1c[c-]c(-c2cc[c]([Ge]([CH3])([CH3])[CH3])cn2)cc1.[Ir]. The molecule has 4 aromatic carbocycles. The molecule has 257 valence electrons. The van der Waals surface area contributed by atoms with Crippen molar-refractivity contribution in [3.05, 3.63) is 139 Å². The van der Waals surface area contributed by atoms with Crippen molar-refractivity contribution in [2.75, 3.05) is 0 Å². The summed E-state index contributed by atoms with van der Waals surface area (Å²) in [4.78, 5) is 9.24. The van der Waals surface area contributed by atoms with Crippen molar-refractivity contribution in [1.82, 2.24) is 9.97 Å². The van der Waals surface area contributed by atoms with Crippen molar-refractivity contribution in [1.29, 1.82) is 0 Å². The number of benzene rings is 4. The van der Waals surface area contributed by atoms with E-state index in [-0.39, 0.29) is 25.5 Å². The standard InChI is InChI=1S/C28H24NO.C17H22GeN.Ir/c1-28(2,3)18-19-14-15-29-25(16-19)24-11-7-10-23-22-13-12-21(17-26(22)30-27(23)24)20-8-5-4-6-9-20;1-13(2)14-6-8-15(9-7-14)17-11-10-16(12-19-17)18(3,4)5;/h4-10,12-17H,18H2,1-3H3;6-8,10-13H,1-5H3;/q2*-1;. The topological polar surface area (TPSA) is 38.9 Å². The third-order valence-electron chi connectivity index (χ3n) is 8.76. The molecule has 7 rings (SSSR count). The van der Waals surface area contributed by atoms with E-state index in [2.05, 4.69) is 171 Å². The van der Waals surface area contributed by atoms with Gasteiger partial charge in [-0.2, -0.15) is 0 Å². The first kappa shape index (κ1) is 37.4. The maximum Gasteiger partial charge on any atom is 0 e. The average Bonchev–Trinajstić information content (AvgIpc) is 3.46. The molecular weight excluding hydrogens is 849 g/mol. The van der Waals surface area contributed by atoms with Gasteiger partial charge in [-0.25, -0.2) is 0 Å². The minimum Gasteiger partial charge on any atom is 0 e. The Balaban J connectivity index is 0.000000211. The second kappa shape index (κ2) is 15.6. The van der Waals surface area contributed by atoms with Gasteiger partial charge in [-0.3, -0.25) is 0 Å². The quantitative estimate of drug-likeness (QED) is 0.123. The number of hydrogen-bond acceptors (Lipinski definition) is 3. The van der Waals surface area contributed by atoms with Gasteiger partial charge >= 0.3 is 119 Å². The zero-order valence-electron chi connectivity index (χ0n) is 30.4. The molecule has 3 heterocycles. The van der Waals surface area contributed by atoms with Gasteiger partial charge in [0.2, 0.25) is 0 Å². The number of fused-ring (bicyclic) bond motifs is 3. The van der Waals surface area contributed by atoms with Crippen LogP contribution in [0.15, 0.2) is 120 Å². The summed E-state index contributed by atoms with van der Waals surface area (Å²) in [5.74, 6) is 7.72. The molecule has 0 aliphatic carbocycles. The van der Waals surface area contributed by atoms with Gasteiger partial charge in [-0.1, -0.05) is 85.8 Å². The van der Waals surface area contributed by atoms with E-state index < -0.39 is 13.3 Å². The van der Waals surface area contributed by atoms with Gasteiger partial charge in [-0.15, -0.1) is 18.2 Å². The fourth-order valence-corrected chi connectivity index (χ4v) is 8.20. The van der Waals surface area contributed by atoms with Crippen LogP contribution in [0.1, 0.15) is 51.7 Å². The van der Waals surface area contributed by atoms with Crippen LogP contribution in [0.3, 0.4) is 0 Å². The zero-order chi connectivity index (χ0) is 34.8. The second-order valence-electron chi connectivity index (χ2n) is 15.4. The van der Waals surface area contributed by atoms with E-state index in [1.165, 1.54) is 21.1 Å². The Hall–Kier alpha value is -3.83. The first-order valence-electron chi connectivity index (χ1n) is 17.2. The van der Waals surface area contributed by atoms with E-state index in [9.17, 15) is 0 Å². The maximum atomic E-state index is 6.37. The van der Waals surface area contributed by atoms with Crippen molar-refractivity contribution in [2.24, 2.45) is 5.41 Å². The predicted molar refractivity (Wildman–Crippen MR) is 210 cm³/mol. The predicted octanol–water partition coefficient (Wildman–Crippen LogP) is 11.9. The molecule has 0 saturated heterocycles. The summed E-state index contributed by atoms with van der Waals surface area (Å²) in [5, 5.41) is 2.21. The van der Waals surface area contributed by atoms with Crippen molar-refractivity contribution in [3.63, 3.8) is 0 Å². The zero-order valence-corrected chi connectivity index (χ0v) is 34.9. The molecule has 3 nitrogen and oxygen atoms in total. The Labute approximate surface area is 314 Å². The molecule has 0 bridgehead atoms. The Kier molecular flexibility index (Phi) is 11.7. The van der Waals surface area contributed by atoms with Crippen molar-refractivity contribution >= 4 is 39.6 Å². The largest absolute Gasteiger partial charge is 0 e. The van der Waals surface area contributed by atoms with Crippen molar-refractivity contribution < 1.29 is 24.5 Å². The van der Waals surface area contributed by atoms with E-state index in [1.54, 1.807) is 0 Å². The van der Waals surface area contributed by atoms with Crippen LogP contribution in [0.2, 0.25) is 17.3 Å². The van der Waals surface area contributed by atoms with Gasteiger partial charge in [0.25, 0.3) is 0 Å². The number of aromatic nitrogens is 2. The van der Waals surface area contributed by atoms with Gasteiger partial charge < -0.3 is 9.40 Å². The molecule has 50 heavy (non-hydrogen) atoms.